The molecule has 7 heteroatoms. The minimum atomic E-state index is -0.503. The molecule has 0 radical (unpaired) electrons. The summed E-state index contributed by atoms with van der Waals surface area (Å²) in [4.78, 5) is 41.7. The smallest absolute Gasteiger partial charge is 0.243 e. The molecule has 148 valence electrons. The third-order valence-corrected chi connectivity index (χ3v) is 5.19. The molecule has 0 bridgehead atoms. The maximum atomic E-state index is 12.4. The number of hydrogen-bond acceptors (Lipinski definition) is 3. The van der Waals surface area contributed by atoms with Crippen molar-refractivity contribution in [1.82, 2.24) is 15.8 Å². The third-order valence-electron chi connectivity index (χ3n) is 5.19. The lowest BCUT2D eigenvalue weighted by Crippen LogP contribution is -2.45. The molecule has 1 aliphatic heterocycles. The van der Waals surface area contributed by atoms with Crippen molar-refractivity contribution in [3.8, 4) is 0 Å². The second-order valence-corrected chi connectivity index (χ2v) is 7.31. The zero-order chi connectivity index (χ0) is 20.4. The summed E-state index contributed by atoms with van der Waals surface area (Å²) in [6.45, 7) is 2.27. The van der Waals surface area contributed by atoms with Gasteiger partial charge in [-0.25, -0.2) is 0 Å². The zero-order valence-electron chi connectivity index (χ0n) is 16.1. The Hall–Kier alpha value is -3.61. The summed E-state index contributed by atoms with van der Waals surface area (Å²) >= 11 is 0. The van der Waals surface area contributed by atoms with E-state index >= 15 is 0 Å². The van der Waals surface area contributed by atoms with Crippen LogP contribution in [0.1, 0.15) is 17.5 Å². The lowest BCUT2D eigenvalue weighted by atomic mass is 10.1. The summed E-state index contributed by atoms with van der Waals surface area (Å²) in [6, 6.07) is 15.3. The van der Waals surface area contributed by atoms with E-state index in [2.05, 4.69) is 15.8 Å². The number of amides is 3. The number of hydrogen-bond donors (Lipinski definition) is 3. The molecule has 1 aromatic heterocycles. The molecule has 1 aliphatic rings. The molecule has 2 heterocycles. The highest BCUT2D eigenvalue weighted by Crippen LogP contribution is 2.25. The van der Waals surface area contributed by atoms with Crippen molar-refractivity contribution in [2.75, 3.05) is 11.4 Å². The zero-order valence-corrected chi connectivity index (χ0v) is 16.1. The van der Waals surface area contributed by atoms with Crippen LogP contribution >= 0.6 is 0 Å². The lowest BCUT2D eigenvalue weighted by molar-refractivity contribution is -0.131. The molecule has 1 unspecified atom stereocenters. The van der Waals surface area contributed by atoms with Crippen LogP contribution in [0.15, 0.2) is 54.7 Å². The Balaban J connectivity index is 1.32. The highest BCUT2D eigenvalue weighted by molar-refractivity contribution is 6.00. The maximum Gasteiger partial charge on any atom is 0.243 e. The van der Waals surface area contributed by atoms with Crippen LogP contribution < -0.4 is 15.8 Å². The fourth-order valence-electron chi connectivity index (χ4n) is 3.59. The van der Waals surface area contributed by atoms with Gasteiger partial charge in [0.05, 0.1) is 12.3 Å². The number of aryl methyl sites for hydroxylation is 1. The first-order valence-corrected chi connectivity index (χ1v) is 9.52. The average molecular weight is 390 g/mol. The molecule has 29 heavy (non-hydrogen) atoms. The molecule has 0 spiro atoms. The van der Waals surface area contributed by atoms with Gasteiger partial charge >= 0.3 is 0 Å². The van der Waals surface area contributed by atoms with E-state index < -0.39 is 5.92 Å². The summed E-state index contributed by atoms with van der Waals surface area (Å²) in [5.74, 6) is -1.28. The number of carbonyl (C=O) groups excluding carboxylic acids is 3. The van der Waals surface area contributed by atoms with Crippen LogP contribution in [0, 0.1) is 12.8 Å². The molecule has 3 aromatic rings. The van der Waals surface area contributed by atoms with Crippen LogP contribution in [-0.2, 0) is 20.8 Å². The van der Waals surface area contributed by atoms with E-state index in [4.69, 9.17) is 0 Å². The summed E-state index contributed by atoms with van der Waals surface area (Å²) < 4.78 is 0. The number of H-pyrrole nitrogens is 1. The first-order chi connectivity index (χ1) is 14.0. The highest BCUT2D eigenvalue weighted by Gasteiger charge is 2.35. The summed E-state index contributed by atoms with van der Waals surface area (Å²) in [7, 11) is 0. The number of rotatable bonds is 4. The molecular weight excluding hydrogens is 368 g/mol. The number of anilines is 1. The second kappa shape index (κ2) is 7.79. The predicted molar refractivity (Wildman–Crippen MR) is 110 cm³/mol. The Kier molecular flexibility index (Phi) is 5.03. The van der Waals surface area contributed by atoms with Crippen LogP contribution in [0.25, 0.3) is 10.9 Å². The number of carbonyl (C=O) groups is 3. The van der Waals surface area contributed by atoms with E-state index in [-0.39, 0.29) is 30.6 Å². The monoisotopic (exact) mass is 390 g/mol. The Morgan fingerprint density at radius 2 is 1.86 bits per heavy atom. The number of benzene rings is 2. The highest BCUT2D eigenvalue weighted by atomic mass is 16.2. The molecule has 1 saturated heterocycles. The number of aromatic nitrogens is 1. The van der Waals surface area contributed by atoms with E-state index in [0.717, 1.165) is 27.7 Å². The van der Waals surface area contributed by atoms with E-state index in [1.165, 1.54) is 0 Å². The summed E-state index contributed by atoms with van der Waals surface area (Å²) in [5, 5.41) is 0.976. The fraction of sp³-hybridized carbons (Fsp3) is 0.227. The van der Waals surface area contributed by atoms with Gasteiger partial charge in [0.15, 0.2) is 0 Å². The SMILES string of the molecule is Cc1ccc(N2CC(C(=O)NNC(=O)Cc3c[nH]c4ccccc34)CC2=O)cc1. The maximum absolute atomic E-state index is 12.4. The Bertz CT molecular complexity index is 1070. The Morgan fingerprint density at radius 3 is 2.66 bits per heavy atom. The van der Waals surface area contributed by atoms with Crippen LogP contribution in [0.3, 0.4) is 0 Å². The summed E-state index contributed by atoms with van der Waals surface area (Å²) in [5.41, 5.74) is 8.61. The molecule has 0 saturated carbocycles. The number of nitrogens with zero attached hydrogens (tertiary/aromatic N) is 1. The van der Waals surface area contributed by atoms with Gasteiger partial charge in [-0.1, -0.05) is 35.9 Å². The number of hydrazine groups is 1. The van der Waals surface area contributed by atoms with Crippen molar-refractivity contribution < 1.29 is 14.4 Å². The van der Waals surface area contributed by atoms with E-state index in [1.807, 2.05) is 55.5 Å². The third kappa shape index (κ3) is 3.99. The number of para-hydroxylation sites is 1. The van der Waals surface area contributed by atoms with Gasteiger partial charge < -0.3 is 9.88 Å². The Morgan fingerprint density at radius 1 is 1.10 bits per heavy atom. The van der Waals surface area contributed by atoms with Crippen molar-refractivity contribution >= 4 is 34.3 Å². The van der Waals surface area contributed by atoms with Gasteiger partial charge in [-0.15, -0.1) is 0 Å². The van der Waals surface area contributed by atoms with Gasteiger partial charge in [0.1, 0.15) is 0 Å². The van der Waals surface area contributed by atoms with Crippen LogP contribution in [0.5, 0.6) is 0 Å². The molecule has 3 amide bonds. The van der Waals surface area contributed by atoms with Crippen molar-refractivity contribution in [2.45, 2.75) is 19.8 Å². The largest absolute Gasteiger partial charge is 0.361 e. The Labute approximate surface area is 168 Å². The minimum Gasteiger partial charge on any atom is -0.361 e. The second-order valence-electron chi connectivity index (χ2n) is 7.31. The molecule has 3 N–H and O–H groups in total. The van der Waals surface area contributed by atoms with Crippen molar-refractivity contribution in [2.24, 2.45) is 5.92 Å². The quantitative estimate of drug-likeness (QED) is 0.596. The van der Waals surface area contributed by atoms with Gasteiger partial charge in [-0.05, 0) is 30.7 Å². The molecular formula is C22H22N4O3. The molecule has 7 nitrogen and oxygen atoms in total. The fourth-order valence-corrected chi connectivity index (χ4v) is 3.59. The molecule has 2 aromatic carbocycles. The van der Waals surface area contributed by atoms with E-state index in [0.29, 0.717) is 6.54 Å². The first-order valence-electron chi connectivity index (χ1n) is 9.52. The van der Waals surface area contributed by atoms with Crippen molar-refractivity contribution in [3.63, 3.8) is 0 Å². The minimum absolute atomic E-state index is 0.0980. The molecule has 1 atom stereocenters. The average Bonchev–Trinajstić information content (AvgIpc) is 3.31. The predicted octanol–water partition coefficient (Wildman–Crippen LogP) is 2.22. The molecule has 4 rings (SSSR count). The van der Waals surface area contributed by atoms with Crippen LogP contribution in [0.2, 0.25) is 0 Å². The molecule has 0 aliphatic carbocycles. The summed E-state index contributed by atoms with van der Waals surface area (Å²) in [6.07, 6.45) is 2.06. The van der Waals surface area contributed by atoms with Crippen molar-refractivity contribution in [3.05, 3.63) is 65.9 Å². The normalized spacial score (nSPS) is 16.2. The van der Waals surface area contributed by atoms with Gasteiger partial charge in [-0.2, -0.15) is 0 Å². The van der Waals surface area contributed by atoms with Crippen LogP contribution in [0.4, 0.5) is 5.69 Å². The van der Waals surface area contributed by atoms with E-state index in [1.54, 1.807) is 11.1 Å². The van der Waals surface area contributed by atoms with E-state index in [9.17, 15) is 14.4 Å². The standard InChI is InChI=1S/C22H22N4O3/c1-14-6-8-17(9-7-14)26-13-16(11-21(26)28)22(29)25-24-20(27)10-15-12-23-19-5-3-2-4-18(15)19/h2-9,12,16,23H,10-11,13H2,1H3,(H,24,27)(H,25,29). The number of aromatic amines is 1. The lowest BCUT2D eigenvalue weighted by Gasteiger charge is -2.17. The van der Waals surface area contributed by atoms with Gasteiger partial charge in [-0.3, -0.25) is 25.2 Å². The van der Waals surface area contributed by atoms with Crippen molar-refractivity contribution in [1.29, 1.82) is 0 Å². The van der Waals surface area contributed by atoms with Gasteiger partial charge in [0.25, 0.3) is 0 Å². The van der Waals surface area contributed by atoms with Gasteiger partial charge in [0, 0.05) is 35.8 Å². The number of nitrogens with one attached hydrogen (secondary N) is 3. The number of fused-ring (bicyclic) bond motifs is 1. The first kappa shape index (κ1) is 18.7. The molecule has 1 fully saturated rings. The van der Waals surface area contributed by atoms with Gasteiger partial charge in [0.2, 0.25) is 17.7 Å². The van der Waals surface area contributed by atoms with Crippen LogP contribution in [-0.4, -0.2) is 29.3 Å². The topological polar surface area (TPSA) is 94.3 Å².